The number of aromatic nitrogens is 1. The van der Waals surface area contributed by atoms with Gasteiger partial charge in [-0.15, -0.1) is 0 Å². The fourth-order valence-corrected chi connectivity index (χ4v) is 3.06. The SMILES string of the molecule is CCOc1c(Cl)cc(C(=O)OC(c2cccc(F)c2)c2ccccn2)cc1OC. The van der Waals surface area contributed by atoms with Crippen molar-refractivity contribution in [3.8, 4) is 11.5 Å². The van der Waals surface area contributed by atoms with Crippen LogP contribution in [0.1, 0.15) is 34.6 Å². The number of nitrogens with zero attached hydrogens (tertiary/aromatic N) is 1. The molecule has 5 nitrogen and oxygen atoms in total. The lowest BCUT2D eigenvalue weighted by Crippen LogP contribution is -2.14. The molecule has 3 rings (SSSR count). The fourth-order valence-electron chi connectivity index (χ4n) is 2.80. The molecule has 0 aliphatic carbocycles. The van der Waals surface area contributed by atoms with Crippen LogP contribution in [0.5, 0.6) is 11.5 Å². The molecule has 1 atom stereocenters. The standard InChI is InChI=1S/C22H19ClFNO4/c1-3-28-21-17(23)12-15(13-19(21)27-2)22(26)29-20(18-9-4-5-10-25-18)14-7-6-8-16(24)11-14/h4-13,20H,3H2,1-2H3. The van der Waals surface area contributed by atoms with Crippen molar-refractivity contribution in [2.75, 3.05) is 13.7 Å². The number of pyridine rings is 1. The Kier molecular flexibility index (Phi) is 6.67. The Hall–Kier alpha value is -3.12. The molecule has 0 saturated heterocycles. The van der Waals surface area contributed by atoms with Gasteiger partial charge in [0.2, 0.25) is 0 Å². The van der Waals surface area contributed by atoms with Gasteiger partial charge in [-0.1, -0.05) is 29.8 Å². The summed E-state index contributed by atoms with van der Waals surface area (Å²) in [6.45, 7) is 2.20. The summed E-state index contributed by atoms with van der Waals surface area (Å²) < 4.78 is 30.2. The zero-order valence-electron chi connectivity index (χ0n) is 15.9. The van der Waals surface area contributed by atoms with Crippen molar-refractivity contribution in [1.29, 1.82) is 0 Å². The highest BCUT2D eigenvalue weighted by Crippen LogP contribution is 2.37. The van der Waals surface area contributed by atoms with Crippen LogP contribution in [0, 0.1) is 5.82 Å². The maximum Gasteiger partial charge on any atom is 0.339 e. The molecule has 2 aromatic carbocycles. The molecule has 0 N–H and O–H groups in total. The predicted molar refractivity (Wildman–Crippen MR) is 107 cm³/mol. The van der Waals surface area contributed by atoms with E-state index in [4.69, 9.17) is 25.8 Å². The van der Waals surface area contributed by atoms with E-state index in [1.54, 1.807) is 36.5 Å². The maximum absolute atomic E-state index is 13.8. The summed E-state index contributed by atoms with van der Waals surface area (Å²) in [4.78, 5) is 17.1. The molecule has 0 aliphatic heterocycles. The highest BCUT2D eigenvalue weighted by molar-refractivity contribution is 6.32. The molecule has 0 bridgehead atoms. The Balaban J connectivity index is 1.96. The van der Waals surface area contributed by atoms with E-state index in [-0.39, 0.29) is 10.6 Å². The van der Waals surface area contributed by atoms with Crippen molar-refractivity contribution in [1.82, 2.24) is 4.98 Å². The molecule has 3 aromatic rings. The second-order valence-electron chi connectivity index (χ2n) is 6.02. The lowest BCUT2D eigenvalue weighted by atomic mass is 10.1. The zero-order valence-corrected chi connectivity index (χ0v) is 16.7. The van der Waals surface area contributed by atoms with Crippen LogP contribution in [0.4, 0.5) is 4.39 Å². The summed E-state index contributed by atoms with van der Waals surface area (Å²) in [5, 5.41) is 0.221. The van der Waals surface area contributed by atoms with Gasteiger partial charge < -0.3 is 14.2 Å². The minimum absolute atomic E-state index is 0.174. The molecule has 0 amide bonds. The van der Waals surface area contributed by atoms with E-state index < -0.39 is 17.9 Å². The number of hydrogen-bond donors (Lipinski definition) is 0. The van der Waals surface area contributed by atoms with Crippen LogP contribution in [-0.4, -0.2) is 24.7 Å². The first-order chi connectivity index (χ1) is 14.0. The molecule has 0 spiro atoms. The van der Waals surface area contributed by atoms with Crippen molar-refractivity contribution in [2.24, 2.45) is 0 Å². The zero-order chi connectivity index (χ0) is 20.8. The van der Waals surface area contributed by atoms with Crippen LogP contribution in [0.25, 0.3) is 0 Å². The third-order valence-corrected chi connectivity index (χ3v) is 4.37. The number of esters is 1. The van der Waals surface area contributed by atoms with E-state index in [0.29, 0.717) is 29.4 Å². The van der Waals surface area contributed by atoms with Crippen molar-refractivity contribution >= 4 is 17.6 Å². The van der Waals surface area contributed by atoms with Crippen LogP contribution in [0.15, 0.2) is 60.8 Å². The number of methoxy groups -OCH3 is 1. The van der Waals surface area contributed by atoms with E-state index in [9.17, 15) is 9.18 Å². The van der Waals surface area contributed by atoms with E-state index in [2.05, 4.69) is 4.98 Å². The molecule has 0 radical (unpaired) electrons. The topological polar surface area (TPSA) is 57.7 Å². The number of ether oxygens (including phenoxy) is 3. The van der Waals surface area contributed by atoms with Gasteiger partial charge in [0, 0.05) is 11.8 Å². The second kappa shape index (κ2) is 9.39. The van der Waals surface area contributed by atoms with Crippen LogP contribution in [0.2, 0.25) is 5.02 Å². The Morgan fingerprint density at radius 1 is 1.17 bits per heavy atom. The van der Waals surface area contributed by atoms with E-state index >= 15 is 0 Å². The van der Waals surface area contributed by atoms with Crippen LogP contribution in [0.3, 0.4) is 0 Å². The average molecular weight is 416 g/mol. The Morgan fingerprint density at radius 2 is 2.00 bits per heavy atom. The second-order valence-corrected chi connectivity index (χ2v) is 6.42. The molecule has 29 heavy (non-hydrogen) atoms. The summed E-state index contributed by atoms with van der Waals surface area (Å²) >= 11 is 6.25. The summed E-state index contributed by atoms with van der Waals surface area (Å²) in [5.74, 6) is -0.440. The van der Waals surface area contributed by atoms with E-state index in [1.807, 2.05) is 6.92 Å². The number of carbonyl (C=O) groups is 1. The quantitative estimate of drug-likeness (QED) is 0.495. The molecule has 0 saturated carbocycles. The number of rotatable bonds is 7. The average Bonchev–Trinajstić information content (AvgIpc) is 2.73. The Labute approximate surface area is 173 Å². The maximum atomic E-state index is 13.8. The first-order valence-electron chi connectivity index (χ1n) is 8.91. The number of halogens is 2. The number of carbonyl (C=O) groups excluding carboxylic acids is 1. The van der Waals surface area contributed by atoms with E-state index in [0.717, 1.165) is 0 Å². The van der Waals surface area contributed by atoms with Crippen LogP contribution in [-0.2, 0) is 4.74 Å². The van der Waals surface area contributed by atoms with Gasteiger partial charge in [0.05, 0.1) is 30.0 Å². The van der Waals surface area contributed by atoms with Gasteiger partial charge >= 0.3 is 5.97 Å². The van der Waals surface area contributed by atoms with Crippen molar-refractivity contribution < 1.29 is 23.4 Å². The minimum atomic E-state index is -0.893. The number of benzene rings is 2. The molecule has 1 aromatic heterocycles. The molecular weight excluding hydrogens is 397 g/mol. The minimum Gasteiger partial charge on any atom is -0.493 e. The van der Waals surface area contributed by atoms with Crippen molar-refractivity contribution in [2.45, 2.75) is 13.0 Å². The lowest BCUT2D eigenvalue weighted by molar-refractivity contribution is 0.0369. The van der Waals surface area contributed by atoms with E-state index in [1.165, 1.54) is 31.4 Å². The summed E-state index contributed by atoms with van der Waals surface area (Å²) in [7, 11) is 1.45. The summed E-state index contributed by atoms with van der Waals surface area (Å²) in [5.41, 5.74) is 1.10. The van der Waals surface area contributed by atoms with Gasteiger partial charge in [0.25, 0.3) is 0 Å². The van der Waals surface area contributed by atoms with Crippen molar-refractivity contribution in [3.05, 3.63) is 88.5 Å². The largest absolute Gasteiger partial charge is 0.493 e. The summed E-state index contributed by atoms with van der Waals surface area (Å²) in [6.07, 6.45) is 0.683. The molecule has 7 heteroatoms. The monoisotopic (exact) mass is 415 g/mol. The Morgan fingerprint density at radius 3 is 2.66 bits per heavy atom. The Bertz CT molecular complexity index is 997. The third-order valence-electron chi connectivity index (χ3n) is 4.09. The van der Waals surface area contributed by atoms with Crippen molar-refractivity contribution in [3.63, 3.8) is 0 Å². The first kappa shape index (κ1) is 20.6. The van der Waals surface area contributed by atoms with Gasteiger partial charge in [-0.05, 0) is 43.3 Å². The van der Waals surface area contributed by atoms with Gasteiger partial charge in [-0.25, -0.2) is 9.18 Å². The highest BCUT2D eigenvalue weighted by Gasteiger charge is 2.23. The fraction of sp³-hybridized carbons (Fsp3) is 0.182. The highest BCUT2D eigenvalue weighted by atomic mass is 35.5. The summed E-state index contributed by atoms with van der Waals surface area (Å²) in [6, 6.07) is 14.0. The smallest absolute Gasteiger partial charge is 0.339 e. The molecule has 0 aliphatic rings. The molecule has 1 unspecified atom stereocenters. The van der Waals surface area contributed by atoms with Gasteiger partial charge in [0.1, 0.15) is 5.82 Å². The first-order valence-corrected chi connectivity index (χ1v) is 9.29. The predicted octanol–water partition coefficient (Wildman–Crippen LogP) is 5.23. The van der Waals surface area contributed by atoms with Gasteiger partial charge in [0.15, 0.2) is 17.6 Å². The third kappa shape index (κ3) is 4.84. The van der Waals surface area contributed by atoms with Crippen LogP contribution >= 0.6 is 11.6 Å². The van der Waals surface area contributed by atoms with Gasteiger partial charge in [-0.3, -0.25) is 4.98 Å². The number of hydrogen-bond acceptors (Lipinski definition) is 5. The molecule has 150 valence electrons. The lowest BCUT2D eigenvalue weighted by Gasteiger charge is -2.19. The van der Waals surface area contributed by atoms with Gasteiger partial charge in [-0.2, -0.15) is 0 Å². The molecular formula is C22H19ClFNO4. The van der Waals surface area contributed by atoms with Crippen LogP contribution < -0.4 is 9.47 Å². The molecule has 0 fully saturated rings. The molecule has 1 heterocycles. The normalized spacial score (nSPS) is 11.6.